The fraction of sp³-hybridized carbons (Fsp3) is 0.222. The number of aryl methyl sites for hydroxylation is 1. The third kappa shape index (κ3) is 3.03. The van der Waals surface area contributed by atoms with E-state index in [1.54, 1.807) is 0 Å². The van der Waals surface area contributed by atoms with Gasteiger partial charge in [0.1, 0.15) is 5.03 Å². The van der Waals surface area contributed by atoms with Crippen LogP contribution >= 0.6 is 11.8 Å². The highest BCUT2D eigenvalue weighted by Crippen LogP contribution is 2.42. The number of nitrogens with zero attached hydrogens (tertiary/aromatic N) is 4. The van der Waals surface area contributed by atoms with E-state index in [1.165, 1.54) is 30.8 Å². The molecule has 3 aromatic heterocycles. The minimum atomic E-state index is -4.64. The maximum atomic E-state index is 13.7. The second-order valence-corrected chi connectivity index (χ2v) is 7.79. The molecule has 1 aromatic carbocycles. The molecule has 0 spiro atoms. The van der Waals surface area contributed by atoms with Crippen LogP contribution in [-0.4, -0.2) is 30.9 Å². The van der Waals surface area contributed by atoms with Crippen LogP contribution in [0.3, 0.4) is 0 Å². The molecule has 4 aromatic rings. The molecule has 13 heteroatoms. The Morgan fingerprint density at radius 2 is 1.77 bits per heavy atom. The summed E-state index contributed by atoms with van der Waals surface area (Å²) in [6.07, 6.45) is -4.64. The van der Waals surface area contributed by atoms with Crippen molar-refractivity contribution in [3.05, 3.63) is 44.6 Å². The second kappa shape index (κ2) is 6.51. The zero-order chi connectivity index (χ0) is 22.1. The quantitative estimate of drug-likeness (QED) is 0.499. The first kappa shape index (κ1) is 19.5. The van der Waals surface area contributed by atoms with Gasteiger partial charge in [-0.1, -0.05) is 0 Å². The van der Waals surface area contributed by atoms with E-state index in [-0.39, 0.29) is 44.8 Å². The zero-order valence-corrected chi connectivity index (χ0v) is 16.7. The molecule has 0 aliphatic carbocycles. The number of rotatable bonds is 2. The second-order valence-electron chi connectivity index (χ2n) is 6.78. The van der Waals surface area contributed by atoms with E-state index in [4.69, 9.17) is 9.47 Å². The first-order valence-corrected chi connectivity index (χ1v) is 9.60. The number of ether oxygens (including phenoxy) is 2. The van der Waals surface area contributed by atoms with E-state index in [2.05, 4.69) is 15.0 Å². The molecule has 0 amide bonds. The van der Waals surface area contributed by atoms with Gasteiger partial charge in [-0.2, -0.15) is 13.2 Å². The number of halogens is 3. The van der Waals surface area contributed by atoms with Gasteiger partial charge in [0.05, 0.1) is 11.1 Å². The summed E-state index contributed by atoms with van der Waals surface area (Å²) in [7, 11) is 2.76. The third-order valence-electron chi connectivity index (χ3n) is 4.86. The van der Waals surface area contributed by atoms with Gasteiger partial charge >= 0.3 is 11.9 Å². The normalized spacial score (nSPS) is 13.5. The zero-order valence-electron chi connectivity index (χ0n) is 15.9. The highest BCUT2D eigenvalue weighted by molar-refractivity contribution is 7.99. The number of hydrogen-bond acceptors (Lipinski definition) is 7. The summed E-state index contributed by atoms with van der Waals surface area (Å²) in [6.45, 7) is -0.0821. The summed E-state index contributed by atoms with van der Waals surface area (Å²) in [5.41, 5.74) is -1.82. The Labute approximate surface area is 174 Å². The molecule has 0 atom stereocenters. The molecule has 0 bridgehead atoms. The Morgan fingerprint density at radius 1 is 1.06 bits per heavy atom. The minimum absolute atomic E-state index is 0.000398. The first-order valence-electron chi connectivity index (χ1n) is 8.78. The molecule has 0 fully saturated rings. The maximum Gasteiger partial charge on any atom is 0.417 e. The van der Waals surface area contributed by atoms with Crippen molar-refractivity contribution < 1.29 is 22.6 Å². The molecule has 160 valence electrons. The molecule has 0 unspecified atom stereocenters. The molecule has 9 nitrogen and oxygen atoms in total. The summed E-state index contributed by atoms with van der Waals surface area (Å²) in [5, 5.41) is -0.00411. The summed E-state index contributed by atoms with van der Waals surface area (Å²) >= 11 is 0.807. The average molecular weight is 451 g/mol. The van der Waals surface area contributed by atoms with Crippen LogP contribution in [0.25, 0.3) is 22.1 Å². The number of nitrogens with one attached hydrogen (secondary N) is 1. The molecule has 1 N–H and O–H groups in total. The monoisotopic (exact) mass is 451 g/mol. The van der Waals surface area contributed by atoms with E-state index in [0.29, 0.717) is 5.75 Å². The number of alkyl halides is 3. The van der Waals surface area contributed by atoms with E-state index in [1.807, 2.05) is 0 Å². The molecule has 1 aliphatic rings. The predicted octanol–water partition coefficient (Wildman–Crippen LogP) is 2.41. The lowest BCUT2D eigenvalue weighted by atomic mass is 10.1. The fourth-order valence-electron chi connectivity index (χ4n) is 3.33. The number of benzene rings is 1. The topological polar surface area (TPSA) is 104 Å². The van der Waals surface area contributed by atoms with Gasteiger partial charge in [0.2, 0.25) is 6.79 Å². The van der Waals surface area contributed by atoms with Crippen molar-refractivity contribution in [1.82, 2.24) is 24.1 Å². The van der Waals surface area contributed by atoms with Gasteiger partial charge in [-0.25, -0.2) is 14.8 Å². The van der Waals surface area contributed by atoms with Crippen LogP contribution in [0.4, 0.5) is 13.2 Å². The minimum Gasteiger partial charge on any atom is -0.454 e. The number of hydrogen-bond donors (Lipinski definition) is 1. The van der Waals surface area contributed by atoms with Crippen molar-refractivity contribution in [2.45, 2.75) is 16.4 Å². The van der Waals surface area contributed by atoms with Gasteiger partial charge in [0.15, 0.2) is 27.8 Å². The van der Waals surface area contributed by atoms with Crippen LogP contribution in [0.2, 0.25) is 0 Å². The number of aromatic amines is 1. The van der Waals surface area contributed by atoms with Crippen LogP contribution in [-0.2, 0) is 20.3 Å². The van der Waals surface area contributed by atoms with Crippen molar-refractivity contribution in [1.29, 1.82) is 0 Å². The van der Waals surface area contributed by atoms with Crippen molar-refractivity contribution >= 4 is 33.8 Å². The van der Waals surface area contributed by atoms with Crippen molar-refractivity contribution in [2.75, 3.05) is 6.79 Å². The number of fused-ring (bicyclic) bond motifs is 3. The van der Waals surface area contributed by atoms with E-state index in [0.717, 1.165) is 22.4 Å². The fourth-order valence-corrected chi connectivity index (χ4v) is 4.13. The molecule has 0 saturated heterocycles. The van der Waals surface area contributed by atoms with Gasteiger partial charge < -0.3 is 14.5 Å². The maximum absolute atomic E-state index is 13.7. The smallest absolute Gasteiger partial charge is 0.417 e. The SMILES string of the molecule is Cn1c(=O)c2[nH]c(Sc3cc(C(F)(F)F)c4cc5c(cc4n3)OCO5)nc2n(C)c1=O. The van der Waals surface area contributed by atoms with Gasteiger partial charge in [0.25, 0.3) is 5.56 Å². The summed E-state index contributed by atoms with van der Waals surface area (Å²) < 4.78 is 53.7. The number of aromatic nitrogens is 5. The Hall–Kier alpha value is -3.48. The number of pyridine rings is 1. The Bertz CT molecular complexity index is 1510. The van der Waals surface area contributed by atoms with Crippen LogP contribution in [0.1, 0.15) is 5.56 Å². The van der Waals surface area contributed by atoms with E-state index in [9.17, 15) is 22.8 Å². The van der Waals surface area contributed by atoms with Gasteiger partial charge in [-0.05, 0) is 23.9 Å². The van der Waals surface area contributed by atoms with E-state index >= 15 is 0 Å². The molecular formula is C18H12F3N5O4S. The Morgan fingerprint density at radius 3 is 2.48 bits per heavy atom. The first-order chi connectivity index (χ1) is 14.6. The van der Waals surface area contributed by atoms with Gasteiger partial charge in [-0.3, -0.25) is 13.9 Å². The Balaban J connectivity index is 1.67. The average Bonchev–Trinajstić information content (AvgIpc) is 3.34. The highest BCUT2D eigenvalue weighted by atomic mass is 32.2. The molecule has 1 aliphatic heterocycles. The molecule has 31 heavy (non-hydrogen) atoms. The number of imidazole rings is 1. The lowest BCUT2D eigenvalue weighted by Crippen LogP contribution is -2.36. The van der Waals surface area contributed by atoms with Gasteiger partial charge in [-0.15, -0.1) is 0 Å². The van der Waals surface area contributed by atoms with E-state index < -0.39 is 23.0 Å². The molecule has 5 rings (SSSR count). The lowest BCUT2D eigenvalue weighted by Gasteiger charge is -2.12. The summed E-state index contributed by atoms with van der Waals surface area (Å²) in [5.74, 6) is 0.520. The van der Waals surface area contributed by atoms with Crippen LogP contribution in [0, 0.1) is 0 Å². The third-order valence-corrected chi connectivity index (χ3v) is 5.66. The molecule has 0 radical (unpaired) electrons. The standard InChI is InChI=1S/C18H12F3N5O4S/c1-25-14-13(15(27)26(2)17(25)28)23-16(24-14)31-12-4-8(18(19,20)21)7-3-10-11(30-6-29-10)5-9(7)22-12/h3-5H,6H2,1-2H3,(H,23,24). The summed E-state index contributed by atoms with van der Waals surface area (Å²) in [4.78, 5) is 35.6. The highest BCUT2D eigenvalue weighted by Gasteiger charge is 2.34. The largest absolute Gasteiger partial charge is 0.454 e. The van der Waals surface area contributed by atoms with Crippen molar-refractivity contribution in [2.24, 2.45) is 14.1 Å². The predicted molar refractivity (Wildman–Crippen MR) is 104 cm³/mol. The van der Waals surface area contributed by atoms with Gasteiger partial charge in [0, 0.05) is 25.5 Å². The van der Waals surface area contributed by atoms with Crippen molar-refractivity contribution in [3.8, 4) is 11.5 Å². The van der Waals surface area contributed by atoms with Crippen LogP contribution < -0.4 is 20.7 Å². The van der Waals surface area contributed by atoms with Crippen molar-refractivity contribution in [3.63, 3.8) is 0 Å². The summed E-state index contributed by atoms with van der Waals surface area (Å²) in [6, 6.07) is 3.54. The van der Waals surface area contributed by atoms with Crippen LogP contribution in [0.5, 0.6) is 11.5 Å². The molecule has 4 heterocycles. The Kier molecular flexibility index (Phi) is 4.09. The molecular weight excluding hydrogens is 439 g/mol. The lowest BCUT2D eigenvalue weighted by molar-refractivity contribution is -0.136. The number of H-pyrrole nitrogens is 1. The van der Waals surface area contributed by atoms with Crippen LogP contribution in [0.15, 0.2) is 38.0 Å². The molecule has 0 saturated carbocycles.